The molecular formula is C15H17N3O. The van der Waals surface area contributed by atoms with Gasteiger partial charge < -0.3 is 15.4 Å². The average Bonchev–Trinajstić information content (AvgIpc) is 2.78. The zero-order chi connectivity index (χ0) is 12.8. The highest BCUT2D eigenvalue weighted by atomic mass is 16.5. The van der Waals surface area contributed by atoms with Gasteiger partial charge in [-0.2, -0.15) is 0 Å². The maximum Gasteiger partial charge on any atom is 0.0755 e. The summed E-state index contributed by atoms with van der Waals surface area (Å²) in [5.74, 6) is 0. The molecule has 4 heteroatoms. The Morgan fingerprint density at radius 2 is 1.95 bits per heavy atom. The molecule has 0 spiro atoms. The zero-order valence-electron chi connectivity index (χ0n) is 10.7. The number of hydrogen-bond donors (Lipinski definition) is 1. The molecule has 4 rings (SSSR count). The zero-order valence-corrected chi connectivity index (χ0v) is 10.7. The minimum absolute atomic E-state index is 0.381. The predicted molar refractivity (Wildman–Crippen MR) is 76.3 cm³/mol. The maximum atomic E-state index is 6.35. The van der Waals surface area contributed by atoms with E-state index in [-0.39, 0.29) is 0 Å². The second-order valence-electron chi connectivity index (χ2n) is 5.46. The minimum atomic E-state index is 0.381. The number of morpholine rings is 1. The molecule has 19 heavy (non-hydrogen) atoms. The van der Waals surface area contributed by atoms with E-state index in [1.54, 1.807) is 6.20 Å². The predicted octanol–water partition coefficient (Wildman–Crippen LogP) is 2.18. The molecule has 2 bridgehead atoms. The Kier molecular flexibility index (Phi) is 2.38. The first kappa shape index (κ1) is 11.1. The normalized spacial score (nSPS) is 26.0. The molecule has 2 aromatic rings. The largest absolute Gasteiger partial charge is 0.397 e. The summed E-state index contributed by atoms with van der Waals surface area (Å²) in [7, 11) is 0. The number of hydrogen-bond acceptors (Lipinski definition) is 4. The van der Waals surface area contributed by atoms with Gasteiger partial charge >= 0.3 is 0 Å². The molecule has 2 saturated heterocycles. The highest BCUT2D eigenvalue weighted by molar-refractivity contribution is 5.98. The van der Waals surface area contributed by atoms with Gasteiger partial charge in [0.05, 0.1) is 23.6 Å². The van der Waals surface area contributed by atoms with Crippen molar-refractivity contribution in [2.75, 3.05) is 23.7 Å². The van der Waals surface area contributed by atoms with Crippen molar-refractivity contribution >= 4 is 22.1 Å². The molecule has 2 atom stereocenters. The Bertz CT molecular complexity index is 616. The highest BCUT2D eigenvalue weighted by Crippen LogP contribution is 2.35. The van der Waals surface area contributed by atoms with Gasteiger partial charge in [0, 0.05) is 36.3 Å². The number of fused-ring (bicyclic) bond motifs is 3. The summed E-state index contributed by atoms with van der Waals surface area (Å²) >= 11 is 0. The highest BCUT2D eigenvalue weighted by Gasteiger charge is 2.34. The number of nitrogen functional groups attached to an aromatic ring is 1. The number of nitrogens with two attached hydrogens (primary N) is 1. The first-order valence-electron chi connectivity index (χ1n) is 6.84. The molecule has 1 aromatic heterocycles. The van der Waals surface area contributed by atoms with E-state index in [1.807, 2.05) is 12.3 Å². The smallest absolute Gasteiger partial charge is 0.0755 e. The molecule has 2 aliphatic rings. The lowest BCUT2D eigenvalue weighted by molar-refractivity contribution is 0.0305. The monoisotopic (exact) mass is 255 g/mol. The first-order valence-corrected chi connectivity index (χ1v) is 6.84. The van der Waals surface area contributed by atoms with Crippen LogP contribution in [0.3, 0.4) is 0 Å². The van der Waals surface area contributed by atoms with Crippen molar-refractivity contribution in [1.82, 2.24) is 4.98 Å². The summed E-state index contributed by atoms with van der Waals surface area (Å²) < 4.78 is 5.88. The number of nitrogens with zero attached hydrogens (tertiary/aromatic N) is 2. The van der Waals surface area contributed by atoms with Crippen LogP contribution in [-0.2, 0) is 4.74 Å². The van der Waals surface area contributed by atoms with Gasteiger partial charge in [0.1, 0.15) is 0 Å². The third-order valence-corrected chi connectivity index (χ3v) is 4.22. The van der Waals surface area contributed by atoms with Crippen molar-refractivity contribution < 1.29 is 4.74 Å². The number of anilines is 2. The Balaban J connectivity index is 1.77. The van der Waals surface area contributed by atoms with Crippen LogP contribution in [0.2, 0.25) is 0 Å². The molecule has 2 unspecified atom stereocenters. The Labute approximate surface area is 112 Å². The molecule has 2 fully saturated rings. The van der Waals surface area contributed by atoms with E-state index >= 15 is 0 Å². The summed E-state index contributed by atoms with van der Waals surface area (Å²) in [6.07, 6.45) is 6.78. The minimum Gasteiger partial charge on any atom is -0.397 e. The van der Waals surface area contributed by atoms with Crippen LogP contribution in [0, 0.1) is 0 Å². The maximum absolute atomic E-state index is 6.35. The third-order valence-electron chi connectivity index (χ3n) is 4.22. The fourth-order valence-corrected chi connectivity index (χ4v) is 3.27. The lowest BCUT2D eigenvalue weighted by Gasteiger charge is -2.34. The molecule has 0 radical (unpaired) electrons. The van der Waals surface area contributed by atoms with E-state index in [0.717, 1.165) is 35.2 Å². The van der Waals surface area contributed by atoms with Crippen LogP contribution in [0.25, 0.3) is 10.8 Å². The summed E-state index contributed by atoms with van der Waals surface area (Å²) in [5.41, 5.74) is 8.35. The van der Waals surface area contributed by atoms with E-state index in [1.165, 1.54) is 12.8 Å². The summed E-state index contributed by atoms with van der Waals surface area (Å²) in [5, 5.41) is 2.19. The van der Waals surface area contributed by atoms with Crippen molar-refractivity contribution in [2.45, 2.75) is 25.0 Å². The van der Waals surface area contributed by atoms with Crippen LogP contribution < -0.4 is 10.6 Å². The lowest BCUT2D eigenvalue weighted by Crippen LogP contribution is -2.42. The quantitative estimate of drug-likeness (QED) is 0.794. The Morgan fingerprint density at radius 3 is 2.74 bits per heavy atom. The van der Waals surface area contributed by atoms with Crippen molar-refractivity contribution in [2.24, 2.45) is 0 Å². The van der Waals surface area contributed by atoms with Gasteiger partial charge in [-0.05, 0) is 25.0 Å². The summed E-state index contributed by atoms with van der Waals surface area (Å²) in [4.78, 5) is 6.52. The number of ether oxygens (including phenoxy) is 1. The molecule has 1 aromatic carbocycles. The molecule has 0 aliphatic carbocycles. The van der Waals surface area contributed by atoms with Gasteiger partial charge in [-0.1, -0.05) is 6.07 Å². The SMILES string of the molecule is Nc1c(N2CC3CCC(C2)O3)ccc2cnccc12. The lowest BCUT2D eigenvalue weighted by atomic mass is 10.1. The molecule has 3 heterocycles. The van der Waals surface area contributed by atoms with Crippen LogP contribution in [0.4, 0.5) is 11.4 Å². The molecule has 2 N–H and O–H groups in total. The fourth-order valence-electron chi connectivity index (χ4n) is 3.27. The molecule has 0 amide bonds. The first-order chi connectivity index (χ1) is 9.31. The topological polar surface area (TPSA) is 51.4 Å². The summed E-state index contributed by atoms with van der Waals surface area (Å²) in [6, 6.07) is 6.21. The van der Waals surface area contributed by atoms with E-state index < -0.39 is 0 Å². The molecule has 2 aliphatic heterocycles. The molecule has 4 nitrogen and oxygen atoms in total. The number of pyridine rings is 1. The van der Waals surface area contributed by atoms with Crippen LogP contribution in [0.1, 0.15) is 12.8 Å². The van der Waals surface area contributed by atoms with Gasteiger partial charge in [-0.15, -0.1) is 0 Å². The van der Waals surface area contributed by atoms with Crippen LogP contribution in [-0.4, -0.2) is 30.3 Å². The average molecular weight is 255 g/mol. The Hall–Kier alpha value is -1.81. The van der Waals surface area contributed by atoms with Crippen molar-refractivity contribution in [3.8, 4) is 0 Å². The van der Waals surface area contributed by atoms with Gasteiger partial charge in [0.25, 0.3) is 0 Å². The summed E-state index contributed by atoms with van der Waals surface area (Å²) in [6.45, 7) is 1.91. The van der Waals surface area contributed by atoms with E-state index in [0.29, 0.717) is 12.2 Å². The number of benzene rings is 1. The van der Waals surface area contributed by atoms with Gasteiger partial charge in [0.2, 0.25) is 0 Å². The molecule has 0 saturated carbocycles. The van der Waals surface area contributed by atoms with Crippen LogP contribution in [0.15, 0.2) is 30.6 Å². The van der Waals surface area contributed by atoms with Crippen LogP contribution in [0.5, 0.6) is 0 Å². The van der Waals surface area contributed by atoms with Gasteiger partial charge in [-0.25, -0.2) is 0 Å². The van der Waals surface area contributed by atoms with E-state index in [2.05, 4.69) is 22.0 Å². The standard InChI is InChI=1S/C15H17N3O/c16-15-13-5-6-17-7-10(13)1-4-14(15)18-8-11-2-3-12(9-18)19-11/h1,4-7,11-12H,2-3,8-9,16H2. The van der Waals surface area contributed by atoms with Gasteiger partial charge in [0.15, 0.2) is 0 Å². The van der Waals surface area contributed by atoms with Crippen molar-refractivity contribution in [3.05, 3.63) is 30.6 Å². The number of rotatable bonds is 1. The van der Waals surface area contributed by atoms with E-state index in [4.69, 9.17) is 10.5 Å². The number of aromatic nitrogens is 1. The third kappa shape index (κ3) is 1.75. The Morgan fingerprint density at radius 1 is 1.16 bits per heavy atom. The second kappa shape index (κ2) is 4.10. The fraction of sp³-hybridized carbons (Fsp3) is 0.400. The molecular weight excluding hydrogens is 238 g/mol. The van der Waals surface area contributed by atoms with Crippen molar-refractivity contribution in [1.29, 1.82) is 0 Å². The molecule has 98 valence electrons. The van der Waals surface area contributed by atoms with Crippen molar-refractivity contribution in [3.63, 3.8) is 0 Å². The van der Waals surface area contributed by atoms with E-state index in [9.17, 15) is 0 Å². The second-order valence-corrected chi connectivity index (χ2v) is 5.46. The van der Waals surface area contributed by atoms with Gasteiger partial charge in [-0.3, -0.25) is 4.98 Å². The van der Waals surface area contributed by atoms with Crippen LogP contribution >= 0.6 is 0 Å².